The minimum atomic E-state index is -0.0448. The summed E-state index contributed by atoms with van der Waals surface area (Å²) in [7, 11) is 0. The summed E-state index contributed by atoms with van der Waals surface area (Å²) in [5, 5.41) is 8.65. The van der Waals surface area contributed by atoms with Crippen LogP contribution in [0.2, 0.25) is 0 Å². The minimum absolute atomic E-state index is 0.0448. The molecule has 1 amide bonds. The zero-order valence-electron chi connectivity index (χ0n) is 15.7. The third-order valence-corrected chi connectivity index (χ3v) is 5.20. The number of benzene rings is 1. The number of carbonyl (C=O) groups is 1. The third kappa shape index (κ3) is 3.35. The number of hydrogen-bond acceptors (Lipinski definition) is 4. The molecule has 1 fully saturated rings. The molecule has 0 atom stereocenters. The summed E-state index contributed by atoms with van der Waals surface area (Å²) in [6, 6.07) is 9.93. The van der Waals surface area contributed by atoms with E-state index in [0.717, 1.165) is 42.9 Å². The SMILES string of the molecule is Cc1ccc(-n2nnc(C(=O)N3CCCCC3)c2-c2ccncc2)cc1C. The number of piperidine rings is 1. The van der Waals surface area contributed by atoms with E-state index < -0.39 is 0 Å². The zero-order chi connectivity index (χ0) is 18.8. The number of hydrogen-bond donors (Lipinski definition) is 0. The zero-order valence-corrected chi connectivity index (χ0v) is 15.7. The van der Waals surface area contributed by atoms with Crippen molar-refractivity contribution in [1.82, 2.24) is 24.9 Å². The Labute approximate surface area is 158 Å². The Morgan fingerprint density at radius 1 is 0.963 bits per heavy atom. The van der Waals surface area contributed by atoms with Crippen molar-refractivity contribution in [2.45, 2.75) is 33.1 Å². The van der Waals surface area contributed by atoms with Gasteiger partial charge >= 0.3 is 0 Å². The van der Waals surface area contributed by atoms with E-state index in [-0.39, 0.29) is 5.91 Å². The van der Waals surface area contributed by atoms with Gasteiger partial charge in [-0.2, -0.15) is 0 Å². The van der Waals surface area contributed by atoms with Crippen molar-refractivity contribution in [3.05, 3.63) is 59.5 Å². The van der Waals surface area contributed by atoms with Gasteiger partial charge in [0.1, 0.15) is 5.69 Å². The molecule has 3 aromatic rings. The Hall–Kier alpha value is -3.02. The molecule has 1 aliphatic rings. The first kappa shape index (κ1) is 17.4. The van der Waals surface area contributed by atoms with Gasteiger partial charge in [-0.1, -0.05) is 11.3 Å². The van der Waals surface area contributed by atoms with Gasteiger partial charge in [0, 0.05) is 31.0 Å². The number of likely N-dealkylation sites (tertiary alicyclic amines) is 1. The van der Waals surface area contributed by atoms with Crippen LogP contribution in [0.4, 0.5) is 0 Å². The topological polar surface area (TPSA) is 63.9 Å². The van der Waals surface area contributed by atoms with Crippen LogP contribution in [0.3, 0.4) is 0 Å². The van der Waals surface area contributed by atoms with Crippen molar-refractivity contribution in [1.29, 1.82) is 0 Å². The summed E-state index contributed by atoms with van der Waals surface area (Å²) >= 11 is 0. The maximum Gasteiger partial charge on any atom is 0.276 e. The van der Waals surface area contributed by atoms with E-state index in [4.69, 9.17) is 0 Å². The van der Waals surface area contributed by atoms with E-state index in [9.17, 15) is 4.79 Å². The number of carbonyl (C=O) groups excluding carboxylic acids is 1. The summed E-state index contributed by atoms with van der Waals surface area (Å²) in [4.78, 5) is 19.1. The number of rotatable bonds is 3. The van der Waals surface area contributed by atoms with E-state index in [0.29, 0.717) is 5.69 Å². The van der Waals surface area contributed by atoms with E-state index in [2.05, 4.69) is 41.3 Å². The molecular formula is C21H23N5O. The molecule has 0 spiro atoms. The van der Waals surface area contributed by atoms with Crippen LogP contribution in [0.25, 0.3) is 16.9 Å². The van der Waals surface area contributed by atoms with Gasteiger partial charge < -0.3 is 4.90 Å². The fourth-order valence-electron chi connectivity index (χ4n) is 3.48. The van der Waals surface area contributed by atoms with Crippen LogP contribution in [0, 0.1) is 13.8 Å². The molecule has 4 rings (SSSR count). The molecule has 3 heterocycles. The molecule has 6 heteroatoms. The van der Waals surface area contributed by atoms with E-state index in [1.165, 1.54) is 17.5 Å². The molecule has 0 radical (unpaired) electrons. The maximum atomic E-state index is 13.2. The van der Waals surface area contributed by atoms with Crippen molar-refractivity contribution in [2.75, 3.05) is 13.1 Å². The molecular weight excluding hydrogens is 338 g/mol. The summed E-state index contributed by atoms with van der Waals surface area (Å²) in [5.74, 6) is -0.0448. The molecule has 138 valence electrons. The second-order valence-corrected chi connectivity index (χ2v) is 7.06. The van der Waals surface area contributed by atoms with Gasteiger partial charge in [-0.3, -0.25) is 9.78 Å². The molecule has 1 aliphatic heterocycles. The van der Waals surface area contributed by atoms with Crippen molar-refractivity contribution in [3.63, 3.8) is 0 Å². The predicted octanol–water partition coefficient (Wildman–Crippen LogP) is 3.57. The van der Waals surface area contributed by atoms with Gasteiger partial charge in [0.05, 0.1) is 5.69 Å². The Balaban J connectivity index is 1.84. The normalized spacial score (nSPS) is 14.4. The summed E-state index contributed by atoms with van der Waals surface area (Å²) in [6.45, 7) is 5.72. The molecule has 0 bridgehead atoms. The lowest BCUT2D eigenvalue weighted by molar-refractivity contribution is 0.0719. The van der Waals surface area contributed by atoms with Crippen molar-refractivity contribution >= 4 is 5.91 Å². The Kier molecular flexibility index (Phi) is 4.71. The van der Waals surface area contributed by atoms with Gasteiger partial charge in [-0.05, 0) is 68.5 Å². The predicted molar refractivity (Wildman–Crippen MR) is 104 cm³/mol. The number of amides is 1. The quantitative estimate of drug-likeness (QED) is 0.715. The number of aryl methyl sites for hydroxylation is 2. The highest BCUT2D eigenvalue weighted by molar-refractivity contribution is 5.98. The molecule has 27 heavy (non-hydrogen) atoms. The lowest BCUT2D eigenvalue weighted by Crippen LogP contribution is -2.36. The molecule has 0 unspecified atom stereocenters. The average molecular weight is 361 g/mol. The van der Waals surface area contributed by atoms with Crippen LogP contribution in [0.1, 0.15) is 40.9 Å². The van der Waals surface area contributed by atoms with Gasteiger partial charge in [-0.15, -0.1) is 5.10 Å². The molecule has 6 nitrogen and oxygen atoms in total. The van der Waals surface area contributed by atoms with Crippen LogP contribution in [-0.2, 0) is 0 Å². The average Bonchev–Trinajstić information content (AvgIpc) is 3.16. The van der Waals surface area contributed by atoms with E-state index in [1.54, 1.807) is 17.1 Å². The smallest absolute Gasteiger partial charge is 0.276 e. The molecule has 0 N–H and O–H groups in total. The van der Waals surface area contributed by atoms with Gasteiger partial charge in [0.15, 0.2) is 5.69 Å². The fraction of sp³-hybridized carbons (Fsp3) is 0.333. The molecule has 1 saturated heterocycles. The number of nitrogens with zero attached hydrogens (tertiary/aromatic N) is 5. The van der Waals surface area contributed by atoms with Gasteiger partial charge in [0.2, 0.25) is 0 Å². The van der Waals surface area contributed by atoms with Crippen LogP contribution in [0.5, 0.6) is 0 Å². The lowest BCUT2D eigenvalue weighted by atomic mass is 10.1. The van der Waals surface area contributed by atoms with Gasteiger partial charge in [-0.25, -0.2) is 4.68 Å². The molecule has 0 aliphatic carbocycles. The molecule has 2 aromatic heterocycles. The monoisotopic (exact) mass is 361 g/mol. The second-order valence-electron chi connectivity index (χ2n) is 7.06. The van der Waals surface area contributed by atoms with Crippen LogP contribution < -0.4 is 0 Å². The van der Waals surface area contributed by atoms with Crippen LogP contribution in [-0.4, -0.2) is 43.9 Å². The highest BCUT2D eigenvalue weighted by atomic mass is 16.2. The Bertz CT molecular complexity index is 958. The summed E-state index contributed by atoms with van der Waals surface area (Å²) in [5.41, 5.74) is 5.29. The first-order chi connectivity index (χ1) is 13.1. The maximum absolute atomic E-state index is 13.2. The van der Waals surface area contributed by atoms with Crippen molar-refractivity contribution < 1.29 is 4.79 Å². The Morgan fingerprint density at radius 3 is 2.41 bits per heavy atom. The minimum Gasteiger partial charge on any atom is -0.337 e. The highest BCUT2D eigenvalue weighted by Gasteiger charge is 2.27. The summed E-state index contributed by atoms with van der Waals surface area (Å²) in [6.07, 6.45) is 6.71. The third-order valence-electron chi connectivity index (χ3n) is 5.20. The Morgan fingerprint density at radius 2 is 1.70 bits per heavy atom. The number of pyridine rings is 1. The first-order valence-corrected chi connectivity index (χ1v) is 9.38. The van der Waals surface area contributed by atoms with E-state index >= 15 is 0 Å². The van der Waals surface area contributed by atoms with Crippen LogP contribution in [0.15, 0.2) is 42.7 Å². The van der Waals surface area contributed by atoms with Crippen LogP contribution >= 0.6 is 0 Å². The second kappa shape index (κ2) is 7.31. The number of aromatic nitrogens is 4. The van der Waals surface area contributed by atoms with E-state index in [1.807, 2.05) is 23.1 Å². The highest BCUT2D eigenvalue weighted by Crippen LogP contribution is 2.27. The lowest BCUT2D eigenvalue weighted by Gasteiger charge is -2.26. The first-order valence-electron chi connectivity index (χ1n) is 9.38. The van der Waals surface area contributed by atoms with Gasteiger partial charge in [0.25, 0.3) is 5.91 Å². The molecule has 0 saturated carbocycles. The molecule has 1 aromatic carbocycles. The standard InChI is InChI=1S/C21H23N5O/c1-15-6-7-18(14-16(15)2)26-20(17-8-10-22-11-9-17)19(23-24-26)21(27)25-12-4-3-5-13-25/h6-11,14H,3-5,12-13H2,1-2H3. The largest absolute Gasteiger partial charge is 0.337 e. The van der Waals surface area contributed by atoms with Crippen molar-refractivity contribution in [2.24, 2.45) is 0 Å². The summed E-state index contributed by atoms with van der Waals surface area (Å²) < 4.78 is 1.76. The van der Waals surface area contributed by atoms with Crippen molar-refractivity contribution in [3.8, 4) is 16.9 Å². The fourth-order valence-corrected chi connectivity index (χ4v) is 3.48.